The molecule has 2 aromatic rings. The van der Waals surface area contributed by atoms with E-state index in [4.69, 9.17) is 20.2 Å². The highest BCUT2D eigenvalue weighted by atomic mass is 16.6. The van der Waals surface area contributed by atoms with Crippen molar-refractivity contribution in [2.75, 3.05) is 19.0 Å². The average molecular weight is 389 g/mol. The highest BCUT2D eigenvalue weighted by Crippen LogP contribution is 2.25. The first-order valence-corrected chi connectivity index (χ1v) is 9.74. The maximum absolute atomic E-state index is 11.7. The number of benzene rings is 1. The van der Waals surface area contributed by atoms with Gasteiger partial charge < -0.3 is 20.5 Å². The Hall–Kier alpha value is -2.41. The van der Waals surface area contributed by atoms with E-state index in [-0.39, 0.29) is 5.97 Å². The molecule has 7 heteroatoms. The van der Waals surface area contributed by atoms with Crippen molar-refractivity contribution in [1.29, 1.82) is 0 Å². The Balaban J connectivity index is 1.90. The fourth-order valence-electron chi connectivity index (χ4n) is 2.90. The van der Waals surface area contributed by atoms with Crippen molar-refractivity contribution < 1.29 is 14.3 Å². The molecule has 0 aliphatic rings. The second-order valence-corrected chi connectivity index (χ2v) is 7.86. The highest BCUT2D eigenvalue weighted by Gasteiger charge is 2.15. The quantitative estimate of drug-likeness (QED) is 0.499. The third kappa shape index (κ3) is 6.34. The molecular formula is C21H32N4O3. The molecule has 0 aliphatic heterocycles. The van der Waals surface area contributed by atoms with Gasteiger partial charge in [-0.05, 0) is 52.2 Å². The number of hydrogen-bond donors (Lipinski definition) is 2. The molecule has 28 heavy (non-hydrogen) atoms. The molecule has 7 nitrogen and oxygen atoms in total. The lowest BCUT2D eigenvalue weighted by Crippen LogP contribution is -2.23. The summed E-state index contributed by atoms with van der Waals surface area (Å²) in [6.45, 7) is 8.68. The Kier molecular flexibility index (Phi) is 7.57. The molecule has 3 N–H and O–H groups in total. The van der Waals surface area contributed by atoms with E-state index < -0.39 is 5.60 Å². The molecule has 0 spiro atoms. The third-order valence-electron chi connectivity index (χ3n) is 4.21. The SMILES string of the molecule is COc1cc(C)c2nc(CN)c(NCCCCCC(=O)OC(C)(C)C)nc2c1. The van der Waals surface area contributed by atoms with E-state index >= 15 is 0 Å². The van der Waals surface area contributed by atoms with Gasteiger partial charge in [-0.1, -0.05) is 6.42 Å². The standard InChI is InChI=1S/C21H32N4O3/c1-14-11-15(27-5)12-16-19(14)24-17(13-22)20(25-16)23-10-8-6-7-9-18(26)28-21(2,3)4/h11-12H,6-10,13,22H2,1-5H3,(H,23,25). The van der Waals surface area contributed by atoms with Crippen LogP contribution < -0.4 is 15.8 Å². The average Bonchev–Trinajstić information content (AvgIpc) is 2.62. The first-order chi connectivity index (χ1) is 13.2. The van der Waals surface area contributed by atoms with Gasteiger partial charge in [0.05, 0.1) is 23.8 Å². The van der Waals surface area contributed by atoms with Crippen LogP contribution in [0.25, 0.3) is 11.0 Å². The van der Waals surface area contributed by atoms with Crippen LogP contribution in [0.4, 0.5) is 5.82 Å². The summed E-state index contributed by atoms with van der Waals surface area (Å²) in [4.78, 5) is 21.1. The van der Waals surface area contributed by atoms with Gasteiger partial charge in [0, 0.05) is 25.6 Å². The molecule has 0 saturated heterocycles. The Labute approximate surface area is 167 Å². The fourth-order valence-corrected chi connectivity index (χ4v) is 2.90. The number of esters is 1. The van der Waals surface area contributed by atoms with Crippen LogP contribution in [0, 0.1) is 6.92 Å². The van der Waals surface area contributed by atoms with E-state index in [1.807, 2.05) is 39.8 Å². The fraction of sp³-hybridized carbons (Fsp3) is 0.571. The van der Waals surface area contributed by atoms with Crippen molar-refractivity contribution in [3.63, 3.8) is 0 Å². The van der Waals surface area contributed by atoms with Crippen LogP contribution >= 0.6 is 0 Å². The number of unbranched alkanes of at least 4 members (excludes halogenated alkanes) is 2. The van der Waals surface area contributed by atoms with Crippen molar-refractivity contribution in [3.8, 4) is 5.75 Å². The Morgan fingerprint density at radius 2 is 1.93 bits per heavy atom. The summed E-state index contributed by atoms with van der Waals surface area (Å²) in [5.74, 6) is 1.32. The van der Waals surface area contributed by atoms with E-state index in [9.17, 15) is 4.79 Å². The summed E-state index contributed by atoms with van der Waals surface area (Å²) >= 11 is 0. The van der Waals surface area contributed by atoms with E-state index in [0.717, 1.165) is 53.8 Å². The van der Waals surface area contributed by atoms with Gasteiger partial charge in [-0.2, -0.15) is 0 Å². The molecule has 0 aliphatic carbocycles. The Morgan fingerprint density at radius 1 is 1.18 bits per heavy atom. The number of fused-ring (bicyclic) bond motifs is 1. The second-order valence-electron chi connectivity index (χ2n) is 7.86. The number of nitrogens with one attached hydrogen (secondary N) is 1. The van der Waals surface area contributed by atoms with Crippen molar-refractivity contribution in [2.45, 2.75) is 65.5 Å². The zero-order valence-corrected chi connectivity index (χ0v) is 17.6. The van der Waals surface area contributed by atoms with Gasteiger partial charge >= 0.3 is 5.97 Å². The number of rotatable bonds is 9. The second kappa shape index (κ2) is 9.68. The van der Waals surface area contributed by atoms with Gasteiger partial charge in [-0.15, -0.1) is 0 Å². The molecule has 0 atom stereocenters. The van der Waals surface area contributed by atoms with Crippen molar-refractivity contribution in [1.82, 2.24) is 9.97 Å². The first kappa shape index (κ1) is 21.9. The van der Waals surface area contributed by atoms with Crippen molar-refractivity contribution in [3.05, 3.63) is 23.4 Å². The van der Waals surface area contributed by atoms with Gasteiger partial charge in [-0.3, -0.25) is 4.79 Å². The van der Waals surface area contributed by atoms with Gasteiger partial charge in [0.15, 0.2) is 0 Å². The molecule has 1 aromatic heterocycles. The zero-order valence-electron chi connectivity index (χ0n) is 17.6. The normalized spacial score (nSPS) is 11.5. The Morgan fingerprint density at radius 3 is 2.57 bits per heavy atom. The topological polar surface area (TPSA) is 99.4 Å². The zero-order chi connectivity index (χ0) is 20.7. The lowest BCUT2D eigenvalue weighted by atomic mass is 10.1. The maximum Gasteiger partial charge on any atom is 0.306 e. The van der Waals surface area contributed by atoms with Crippen molar-refractivity contribution >= 4 is 22.8 Å². The summed E-state index contributed by atoms with van der Waals surface area (Å²) in [5, 5.41) is 3.33. The highest BCUT2D eigenvalue weighted by molar-refractivity contribution is 5.81. The smallest absolute Gasteiger partial charge is 0.306 e. The largest absolute Gasteiger partial charge is 0.497 e. The maximum atomic E-state index is 11.7. The van der Waals surface area contributed by atoms with Crippen LogP contribution in [0.1, 0.15) is 57.7 Å². The molecule has 1 heterocycles. The number of carbonyl (C=O) groups excluding carboxylic acids is 1. The first-order valence-electron chi connectivity index (χ1n) is 9.74. The van der Waals surface area contributed by atoms with Gasteiger partial charge in [0.25, 0.3) is 0 Å². The number of anilines is 1. The molecular weight excluding hydrogens is 356 g/mol. The summed E-state index contributed by atoms with van der Waals surface area (Å²) in [6, 6.07) is 3.82. The van der Waals surface area contributed by atoms with Crippen LogP contribution in [0.5, 0.6) is 5.75 Å². The minimum absolute atomic E-state index is 0.143. The third-order valence-corrected chi connectivity index (χ3v) is 4.21. The molecule has 0 unspecified atom stereocenters. The van der Waals surface area contributed by atoms with Crippen LogP contribution in [0.2, 0.25) is 0 Å². The Bertz CT molecular complexity index is 815. The minimum atomic E-state index is -0.424. The monoisotopic (exact) mass is 388 g/mol. The predicted molar refractivity (Wildman–Crippen MR) is 112 cm³/mol. The lowest BCUT2D eigenvalue weighted by Gasteiger charge is -2.19. The van der Waals surface area contributed by atoms with E-state index in [1.165, 1.54) is 0 Å². The molecule has 1 aromatic carbocycles. The van der Waals surface area contributed by atoms with Crippen LogP contribution in [-0.2, 0) is 16.1 Å². The number of ether oxygens (including phenoxy) is 2. The van der Waals surface area contributed by atoms with E-state index in [1.54, 1.807) is 7.11 Å². The molecule has 0 amide bonds. The minimum Gasteiger partial charge on any atom is -0.497 e. The number of nitrogens with two attached hydrogens (primary N) is 1. The van der Waals surface area contributed by atoms with Crippen LogP contribution in [-0.4, -0.2) is 35.2 Å². The molecule has 0 fully saturated rings. The van der Waals surface area contributed by atoms with Gasteiger partial charge in [0.1, 0.15) is 17.2 Å². The van der Waals surface area contributed by atoms with Crippen molar-refractivity contribution in [2.24, 2.45) is 5.73 Å². The molecule has 154 valence electrons. The van der Waals surface area contributed by atoms with Gasteiger partial charge in [-0.25, -0.2) is 9.97 Å². The summed E-state index contributed by atoms with van der Waals surface area (Å²) in [5.41, 5.74) is 8.81. The lowest BCUT2D eigenvalue weighted by molar-refractivity contribution is -0.154. The number of methoxy groups -OCH3 is 1. The summed E-state index contributed by atoms with van der Waals surface area (Å²) in [6.07, 6.45) is 3.10. The van der Waals surface area contributed by atoms with E-state index in [0.29, 0.717) is 18.8 Å². The molecule has 0 saturated carbocycles. The van der Waals surface area contributed by atoms with Crippen LogP contribution in [0.3, 0.4) is 0 Å². The number of carbonyl (C=O) groups is 1. The van der Waals surface area contributed by atoms with Gasteiger partial charge in [0.2, 0.25) is 0 Å². The van der Waals surface area contributed by atoms with Crippen LogP contribution in [0.15, 0.2) is 12.1 Å². The number of nitrogens with zero attached hydrogens (tertiary/aromatic N) is 2. The molecule has 2 rings (SSSR count). The van der Waals surface area contributed by atoms with E-state index in [2.05, 4.69) is 10.3 Å². The number of hydrogen-bond acceptors (Lipinski definition) is 7. The number of aryl methyl sites for hydroxylation is 1. The summed E-state index contributed by atoms with van der Waals surface area (Å²) < 4.78 is 10.6. The molecule has 0 bridgehead atoms. The number of aromatic nitrogens is 2. The summed E-state index contributed by atoms with van der Waals surface area (Å²) in [7, 11) is 1.64. The molecule has 0 radical (unpaired) electrons. The predicted octanol–water partition coefficient (Wildman–Crippen LogP) is 3.72.